The van der Waals surface area contributed by atoms with Gasteiger partial charge in [0.2, 0.25) is 10.0 Å². The van der Waals surface area contributed by atoms with E-state index >= 15 is 0 Å². The lowest BCUT2D eigenvalue weighted by Gasteiger charge is -2.13. The van der Waals surface area contributed by atoms with E-state index in [-0.39, 0.29) is 10.9 Å². The fourth-order valence-electron chi connectivity index (χ4n) is 2.11. The molecule has 1 aromatic heterocycles. The van der Waals surface area contributed by atoms with Crippen molar-refractivity contribution in [3.63, 3.8) is 0 Å². The highest BCUT2D eigenvalue weighted by atomic mass is 32.2. The molecule has 2 aromatic rings. The minimum Gasteiger partial charge on any atom is -0.360 e. The zero-order chi connectivity index (χ0) is 17.0. The normalized spacial score (nSPS) is 13.4. The molecule has 126 valence electrons. The SMILES string of the molecule is CNS(=O)(=O)c1ccc([C@@H](C)NCc2cc(C(C)C)no2)cc1. The van der Waals surface area contributed by atoms with Crippen LogP contribution in [-0.4, -0.2) is 20.6 Å². The van der Waals surface area contributed by atoms with Crippen molar-refractivity contribution >= 4 is 10.0 Å². The Hall–Kier alpha value is -1.70. The first-order chi connectivity index (χ1) is 10.8. The maximum atomic E-state index is 11.7. The molecule has 0 aliphatic heterocycles. The van der Waals surface area contributed by atoms with Gasteiger partial charge in [-0.2, -0.15) is 0 Å². The van der Waals surface area contributed by atoms with Gasteiger partial charge in [0.1, 0.15) is 0 Å². The van der Waals surface area contributed by atoms with Crippen LogP contribution in [0.3, 0.4) is 0 Å². The summed E-state index contributed by atoms with van der Waals surface area (Å²) in [7, 11) is -2.00. The Morgan fingerprint density at radius 2 is 1.83 bits per heavy atom. The molecule has 0 spiro atoms. The smallest absolute Gasteiger partial charge is 0.240 e. The van der Waals surface area contributed by atoms with Crippen molar-refractivity contribution in [2.75, 3.05) is 7.05 Å². The molecule has 23 heavy (non-hydrogen) atoms. The third-order valence-electron chi connectivity index (χ3n) is 3.71. The molecule has 0 aliphatic carbocycles. The van der Waals surface area contributed by atoms with Crippen LogP contribution in [0.2, 0.25) is 0 Å². The number of hydrogen-bond donors (Lipinski definition) is 2. The number of nitrogens with one attached hydrogen (secondary N) is 2. The molecule has 2 rings (SSSR count). The van der Waals surface area contributed by atoms with E-state index in [2.05, 4.69) is 29.0 Å². The van der Waals surface area contributed by atoms with Crippen LogP contribution >= 0.6 is 0 Å². The quantitative estimate of drug-likeness (QED) is 0.811. The summed E-state index contributed by atoms with van der Waals surface area (Å²) in [6.45, 7) is 6.72. The largest absolute Gasteiger partial charge is 0.360 e. The molecule has 0 saturated heterocycles. The van der Waals surface area contributed by atoms with Crippen LogP contribution in [0.15, 0.2) is 39.8 Å². The van der Waals surface area contributed by atoms with Gasteiger partial charge in [0, 0.05) is 12.1 Å². The lowest BCUT2D eigenvalue weighted by Crippen LogP contribution is -2.20. The van der Waals surface area contributed by atoms with Gasteiger partial charge in [-0.15, -0.1) is 0 Å². The van der Waals surface area contributed by atoms with Crippen molar-refractivity contribution in [1.82, 2.24) is 15.2 Å². The number of aromatic nitrogens is 1. The highest BCUT2D eigenvalue weighted by Gasteiger charge is 2.13. The second-order valence-corrected chi connectivity index (χ2v) is 7.64. The molecule has 2 N–H and O–H groups in total. The van der Waals surface area contributed by atoms with Crippen molar-refractivity contribution in [2.45, 2.75) is 44.2 Å². The van der Waals surface area contributed by atoms with Gasteiger partial charge in [-0.05, 0) is 37.6 Å². The molecule has 0 unspecified atom stereocenters. The molecule has 1 heterocycles. The minimum atomic E-state index is -3.40. The summed E-state index contributed by atoms with van der Waals surface area (Å²) in [5.41, 5.74) is 1.94. The zero-order valence-electron chi connectivity index (χ0n) is 13.8. The Bertz CT molecular complexity index is 736. The molecule has 6 nitrogen and oxygen atoms in total. The third-order valence-corrected chi connectivity index (χ3v) is 5.14. The molecule has 0 aliphatic rings. The Morgan fingerprint density at radius 1 is 1.17 bits per heavy atom. The van der Waals surface area contributed by atoms with Gasteiger partial charge < -0.3 is 9.84 Å². The van der Waals surface area contributed by atoms with Crippen molar-refractivity contribution in [2.24, 2.45) is 0 Å². The van der Waals surface area contributed by atoms with Gasteiger partial charge >= 0.3 is 0 Å². The Morgan fingerprint density at radius 3 is 2.35 bits per heavy atom. The molecule has 7 heteroatoms. The Balaban J connectivity index is 1.99. The third kappa shape index (κ3) is 4.40. The predicted molar refractivity (Wildman–Crippen MR) is 88.5 cm³/mol. The first kappa shape index (κ1) is 17.7. The lowest BCUT2D eigenvalue weighted by atomic mass is 10.1. The zero-order valence-corrected chi connectivity index (χ0v) is 14.6. The molecular weight excluding hydrogens is 314 g/mol. The average Bonchev–Trinajstić information content (AvgIpc) is 3.02. The summed E-state index contributed by atoms with van der Waals surface area (Å²) in [6.07, 6.45) is 0. The molecule has 1 aromatic carbocycles. The van der Waals surface area contributed by atoms with Gasteiger partial charge in [0.25, 0.3) is 0 Å². The van der Waals surface area contributed by atoms with Crippen LogP contribution in [0, 0.1) is 0 Å². The first-order valence-corrected chi connectivity index (χ1v) is 9.04. The van der Waals surface area contributed by atoms with E-state index in [1.165, 1.54) is 7.05 Å². The molecule has 0 radical (unpaired) electrons. The van der Waals surface area contributed by atoms with Crippen LogP contribution in [0.5, 0.6) is 0 Å². The molecule has 0 bridgehead atoms. The van der Waals surface area contributed by atoms with E-state index in [0.717, 1.165) is 17.0 Å². The van der Waals surface area contributed by atoms with Crippen LogP contribution in [0.25, 0.3) is 0 Å². The number of rotatable bonds is 7. The van der Waals surface area contributed by atoms with Crippen LogP contribution in [0.1, 0.15) is 49.7 Å². The van der Waals surface area contributed by atoms with E-state index in [1.54, 1.807) is 12.1 Å². The van der Waals surface area contributed by atoms with Gasteiger partial charge in [-0.1, -0.05) is 31.1 Å². The molecule has 0 saturated carbocycles. The van der Waals surface area contributed by atoms with Crippen molar-refractivity contribution < 1.29 is 12.9 Å². The van der Waals surface area contributed by atoms with Gasteiger partial charge in [-0.3, -0.25) is 0 Å². The Kier molecular flexibility index (Phi) is 5.56. The van der Waals surface area contributed by atoms with E-state index in [1.807, 2.05) is 25.1 Å². The van der Waals surface area contributed by atoms with Crippen molar-refractivity contribution in [3.8, 4) is 0 Å². The second kappa shape index (κ2) is 7.25. The fraction of sp³-hybridized carbons (Fsp3) is 0.438. The average molecular weight is 337 g/mol. The number of hydrogen-bond acceptors (Lipinski definition) is 5. The maximum Gasteiger partial charge on any atom is 0.240 e. The highest BCUT2D eigenvalue weighted by molar-refractivity contribution is 7.89. The van der Waals surface area contributed by atoms with E-state index < -0.39 is 10.0 Å². The lowest BCUT2D eigenvalue weighted by molar-refractivity contribution is 0.359. The topological polar surface area (TPSA) is 84.2 Å². The summed E-state index contributed by atoms with van der Waals surface area (Å²) in [6, 6.07) is 8.83. The van der Waals surface area contributed by atoms with Crippen molar-refractivity contribution in [1.29, 1.82) is 0 Å². The monoisotopic (exact) mass is 337 g/mol. The summed E-state index contributed by atoms with van der Waals surface area (Å²) < 4.78 is 31.0. The number of benzene rings is 1. The summed E-state index contributed by atoms with van der Waals surface area (Å²) >= 11 is 0. The molecule has 0 fully saturated rings. The highest BCUT2D eigenvalue weighted by Crippen LogP contribution is 2.18. The van der Waals surface area contributed by atoms with Gasteiger partial charge in [0.15, 0.2) is 5.76 Å². The summed E-state index contributed by atoms with van der Waals surface area (Å²) in [4.78, 5) is 0.257. The molecule has 1 atom stereocenters. The van der Waals surface area contributed by atoms with E-state index in [9.17, 15) is 8.42 Å². The van der Waals surface area contributed by atoms with Gasteiger partial charge in [-0.25, -0.2) is 13.1 Å². The fourth-order valence-corrected chi connectivity index (χ4v) is 2.84. The standard InChI is InChI=1S/C16H23N3O3S/c1-11(2)16-9-14(22-19-16)10-18-12(3)13-5-7-15(8-6-13)23(20,21)17-4/h5-9,11-12,17-18H,10H2,1-4H3/t12-/m1/s1. The predicted octanol–water partition coefficient (Wildman–Crippen LogP) is 2.56. The van der Waals surface area contributed by atoms with Crippen LogP contribution < -0.4 is 10.0 Å². The van der Waals surface area contributed by atoms with Gasteiger partial charge in [0.05, 0.1) is 17.1 Å². The number of sulfonamides is 1. The van der Waals surface area contributed by atoms with Crippen LogP contribution in [0.4, 0.5) is 0 Å². The Labute approximate surface area is 137 Å². The summed E-state index contributed by atoms with van der Waals surface area (Å²) in [5, 5.41) is 7.37. The first-order valence-electron chi connectivity index (χ1n) is 7.56. The summed E-state index contributed by atoms with van der Waals surface area (Å²) in [5.74, 6) is 1.13. The molecule has 0 amide bonds. The maximum absolute atomic E-state index is 11.7. The van der Waals surface area contributed by atoms with E-state index in [0.29, 0.717) is 12.5 Å². The van der Waals surface area contributed by atoms with Crippen LogP contribution in [-0.2, 0) is 16.6 Å². The van der Waals surface area contributed by atoms with Crippen molar-refractivity contribution in [3.05, 3.63) is 47.3 Å². The minimum absolute atomic E-state index is 0.0638. The number of nitrogens with zero attached hydrogens (tertiary/aromatic N) is 1. The van der Waals surface area contributed by atoms with E-state index in [4.69, 9.17) is 4.52 Å². The molecular formula is C16H23N3O3S. The second-order valence-electron chi connectivity index (χ2n) is 5.75.